The van der Waals surface area contributed by atoms with E-state index in [9.17, 15) is 61.0 Å². The monoisotopic (exact) mass is 757 g/mol. The minimum Gasteiger partial charge on any atom is -0.508 e. The van der Waals surface area contributed by atoms with Crippen LogP contribution in [0.2, 0.25) is 0 Å². The smallest absolute Gasteiger partial charge is 0.402 e. The van der Waals surface area contributed by atoms with Crippen LogP contribution in [0.5, 0.6) is 34.5 Å². The van der Waals surface area contributed by atoms with E-state index in [-0.39, 0.29) is 39.5 Å². The molecule has 0 aliphatic carbocycles. The predicted octanol–water partition coefficient (Wildman–Crippen LogP) is -0.175. The van der Waals surface area contributed by atoms with E-state index < -0.39 is 97.8 Å². The minimum atomic E-state index is -1.91. The van der Waals surface area contributed by atoms with Crippen molar-refractivity contribution in [2.24, 2.45) is 0 Å². The van der Waals surface area contributed by atoms with Crippen LogP contribution in [0.25, 0.3) is 28.4 Å². The second kappa shape index (κ2) is 16.0. The van der Waals surface area contributed by atoms with Gasteiger partial charge < -0.3 is 79.9 Å². The van der Waals surface area contributed by atoms with Gasteiger partial charge in [0.05, 0.1) is 18.2 Å². The SMILES string of the molecule is O=C(/C=C/c1ccc(O)cc1)OCC1O[C@@H](Oc2cc3c(O[C@@H]4OC(CO)[C@@H](O)[C@H](O)C4O)cc(O)cc3[o+]c2-c2ccc(O)c(O)c2)C(O)C(O)[C@@H]1O. The van der Waals surface area contributed by atoms with Crippen molar-refractivity contribution in [2.45, 2.75) is 61.4 Å². The summed E-state index contributed by atoms with van der Waals surface area (Å²) >= 11 is 0. The van der Waals surface area contributed by atoms with Gasteiger partial charge >= 0.3 is 17.3 Å². The first-order valence-corrected chi connectivity index (χ1v) is 16.4. The molecule has 6 rings (SSSR count). The molecule has 2 aliphatic heterocycles. The Morgan fingerprint density at radius 2 is 1.31 bits per heavy atom. The van der Waals surface area contributed by atoms with Crippen molar-refractivity contribution in [3.8, 4) is 45.8 Å². The lowest BCUT2D eigenvalue weighted by Gasteiger charge is -2.39. The zero-order valence-electron chi connectivity index (χ0n) is 27.9. The Labute approximate surface area is 304 Å². The number of carbonyl (C=O) groups excluding carboxylic acids is 1. The number of benzene rings is 3. The average molecular weight is 758 g/mol. The summed E-state index contributed by atoms with van der Waals surface area (Å²) in [5.41, 5.74) is 0.551. The molecule has 0 bridgehead atoms. The molecule has 3 aromatic carbocycles. The quantitative estimate of drug-likeness (QED) is 0.0433. The first kappa shape index (κ1) is 38.4. The maximum atomic E-state index is 12.4. The molecule has 2 saturated heterocycles. The van der Waals surface area contributed by atoms with E-state index in [1.165, 1.54) is 30.3 Å². The average Bonchev–Trinajstić information content (AvgIpc) is 3.15. The standard InChI is InChI=1S/C36H36O18/c37-13-25-28(43)30(45)32(47)35(53-25)51-23-11-18(39)10-22-19(23)12-24(34(50-22)16-4-7-20(40)21(41)9-16)52-36-33(48)31(46)29(44)26(54-36)14-49-27(42)8-3-15-1-5-17(38)6-2-15/h1-12,25-26,28-33,35-37,43-48H,13-14H2,(H3-,38,39,40,41,42)/p+1/t25?,26?,28-,29-,30+,31?,32?,33?,35-,36-/m1/s1. The van der Waals surface area contributed by atoms with Crippen LogP contribution in [-0.2, 0) is 19.0 Å². The summed E-state index contributed by atoms with van der Waals surface area (Å²) in [6.45, 7) is -1.36. The van der Waals surface area contributed by atoms with E-state index in [0.717, 1.165) is 30.3 Å². The number of phenolic OH excluding ortho intramolecular Hbond substituents is 4. The number of hydrogen-bond donors (Lipinski definition) is 11. The minimum absolute atomic E-state index is 0.00305. The fraction of sp³-hybridized carbons (Fsp3) is 0.333. The van der Waals surface area contributed by atoms with Crippen LogP contribution in [0, 0.1) is 0 Å². The predicted molar refractivity (Wildman–Crippen MR) is 181 cm³/mol. The van der Waals surface area contributed by atoms with E-state index in [4.69, 9.17) is 28.1 Å². The maximum absolute atomic E-state index is 12.4. The molecule has 54 heavy (non-hydrogen) atoms. The number of aliphatic hydroxyl groups is 7. The Morgan fingerprint density at radius 3 is 1.96 bits per heavy atom. The first-order valence-electron chi connectivity index (χ1n) is 16.4. The van der Waals surface area contributed by atoms with E-state index >= 15 is 0 Å². The summed E-state index contributed by atoms with van der Waals surface area (Å²) in [6.07, 6.45) is -14.6. The lowest BCUT2D eigenvalue weighted by Crippen LogP contribution is -2.60. The van der Waals surface area contributed by atoms with Gasteiger partial charge in [-0.3, -0.25) is 0 Å². The largest absolute Gasteiger partial charge is 0.508 e. The molecule has 0 amide bonds. The molecule has 0 radical (unpaired) electrons. The van der Waals surface area contributed by atoms with Gasteiger partial charge in [-0.1, -0.05) is 12.1 Å². The number of hydrogen-bond acceptors (Lipinski definition) is 17. The topological polar surface area (TPSA) is 297 Å². The van der Waals surface area contributed by atoms with Gasteiger partial charge in [0.15, 0.2) is 11.5 Å². The van der Waals surface area contributed by atoms with E-state index in [2.05, 4.69) is 0 Å². The zero-order chi connectivity index (χ0) is 38.8. The van der Waals surface area contributed by atoms with Crippen LogP contribution >= 0.6 is 0 Å². The summed E-state index contributed by atoms with van der Waals surface area (Å²) in [5, 5.41) is 113. The molecule has 11 N–H and O–H groups in total. The van der Waals surface area contributed by atoms with Gasteiger partial charge in [-0.05, 0) is 35.9 Å². The van der Waals surface area contributed by atoms with Gasteiger partial charge in [0.2, 0.25) is 18.3 Å². The van der Waals surface area contributed by atoms with Crippen LogP contribution in [0.4, 0.5) is 0 Å². The Hall–Kier alpha value is -5.28. The fourth-order valence-corrected chi connectivity index (χ4v) is 5.75. The first-order chi connectivity index (χ1) is 25.7. The molecule has 18 nitrogen and oxygen atoms in total. The van der Waals surface area contributed by atoms with Gasteiger partial charge in [-0.2, -0.15) is 0 Å². The molecule has 288 valence electrons. The van der Waals surface area contributed by atoms with E-state index in [1.807, 2.05) is 0 Å². The number of aliphatic hydroxyl groups excluding tert-OH is 7. The van der Waals surface area contributed by atoms with Crippen molar-refractivity contribution in [3.05, 3.63) is 72.3 Å². The van der Waals surface area contributed by atoms with Gasteiger partial charge in [0.1, 0.15) is 78.1 Å². The number of aromatic hydroxyl groups is 4. The van der Waals surface area contributed by atoms with Crippen LogP contribution < -0.4 is 9.47 Å². The zero-order valence-corrected chi connectivity index (χ0v) is 27.9. The summed E-state index contributed by atoms with van der Waals surface area (Å²) in [5.74, 6) is -3.00. The molecular formula is C36H37O18+. The van der Waals surface area contributed by atoms with Crippen molar-refractivity contribution < 1.29 is 89.1 Å². The highest BCUT2D eigenvalue weighted by Crippen LogP contribution is 2.43. The highest BCUT2D eigenvalue weighted by atomic mass is 16.7. The molecule has 0 spiro atoms. The molecule has 0 saturated carbocycles. The van der Waals surface area contributed by atoms with Gasteiger partial charge in [-0.25, -0.2) is 9.21 Å². The highest BCUT2D eigenvalue weighted by molar-refractivity contribution is 5.89. The third-order valence-electron chi connectivity index (χ3n) is 8.74. The molecule has 2 aliphatic rings. The Morgan fingerprint density at radius 1 is 0.685 bits per heavy atom. The number of phenols is 4. The number of ether oxygens (including phenoxy) is 5. The Balaban J connectivity index is 1.31. The highest BCUT2D eigenvalue weighted by Gasteiger charge is 2.47. The van der Waals surface area contributed by atoms with Gasteiger partial charge in [0.25, 0.3) is 0 Å². The Bertz CT molecular complexity index is 1980. The van der Waals surface area contributed by atoms with Crippen molar-refractivity contribution in [2.75, 3.05) is 13.2 Å². The van der Waals surface area contributed by atoms with Crippen molar-refractivity contribution >= 4 is 23.0 Å². The lowest BCUT2D eigenvalue weighted by atomic mass is 9.99. The van der Waals surface area contributed by atoms with Crippen LogP contribution in [0.15, 0.2) is 71.2 Å². The van der Waals surface area contributed by atoms with Crippen LogP contribution in [0.1, 0.15) is 5.56 Å². The van der Waals surface area contributed by atoms with Crippen LogP contribution in [0.3, 0.4) is 0 Å². The molecule has 1 aromatic heterocycles. The molecule has 5 unspecified atom stereocenters. The molecule has 4 aromatic rings. The molecule has 18 heteroatoms. The second-order valence-electron chi connectivity index (χ2n) is 12.5. The molecular weight excluding hydrogens is 720 g/mol. The molecule has 2 fully saturated rings. The normalized spacial score (nSPS) is 28.6. The summed E-state index contributed by atoms with van der Waals surface area (Å²) < 4.78 is 34.2. The number of fused-ring (bicyclic) bond motifs is 1. The summed E-state index contributed by atoms with van der Waals surface area (Å²) in [4.78, 5) is 12.4. The van der Waals surface area contributed by atoms with Crippen LogP contribution in [-0.4, -0.2) is 137 Å². The third-order valence-corrected chi connectivity index (χ3v) is 8.74. The number of rotatable bonds is 10. The summed E-state index contributed by atoms with van der Waals surface area (Å²) in [7, 11) is 0. The van der Waals surface area contributed by atoms with E-state index in [0.29, 0.717) is 5.56 Å². The number of esters is 1. The Kier molecular flexibility index (Phi) is 11.4. The van der Waals surface area contributed by atoms with E-state index in [1.54, 1.807) is 12.1 Å². The number of carbonyl (C=O) groups is 1. The summed E-state index contributed by atoms with van der Waals surface area (Å²) in [6, 6.07) is 13.0. The molecule has 3 heterocycles. The van der Waals surface area contributed by atoms with Crippen molar-refractivity contribution in [3.63, 3.8) is 0 Å². The van der Waals surface area contributed by atoms with Crippen molar-refractivity contribution in [1.82, 2.24) is 0 Å². The van der Waals surface area contributed by atoms with Gasteiger partial charge in [-0.15, -0.1) is 0 Å². The van der Waals surface area contributed by atoms with Crippen molar-refractivity contribution in [1.29, 1.82) is 0 Å². The third kappa shape index (κ3) is 8.11. The second-order valence-corrected chi connectivity index (χ2v) is 12.5. The molecule has 10 atom stereocenters. The van der Waals surface area contributed by atoms with Gasteiger partial charge in [0, 0.05) is 24.3 Å². The lowest BCUT2D eigenvalue weighted by molar-refractivity contribution is -0.278. The maximum Gasteiger partial charge on any atom is 0.402 e. The fourth-order valence-electron chi connectivity index (χ4n) is 5.75.